The van der Waals surface area contributed by atoms with Crippen LogP contribution in [0.5, 0.6) is 0 Å². The van der Waals surface area contributed by atoms with E-state index in [1.807, 2.05) is 0 Å². The molecule has 0 aliphatic heterocycles. The second-order valence-corrected chi connectivity index (χ2v) is 2.11. The molecule has 4 heteroatoms. The van der Waals surface area contributed by atoms with Gasteiger partial charge in [0.25, 0.3) is 0 Å². The Morgan fingerprint density at radius 2 is 2.30 bits per heavy atom. The number of aromatic nitrogens is 1. The van der Waals surface area contributed by atoms with E-state index in [0.29, 0.717) is 0 Å². The summed E-state index contributed by atoms with van der Waals surface area (Å²) >= 11 is 3.82. The minimum Gasteiger partial charge on any atom is -0.260 e. The third-order valence-electron chi connectivity index (χ3n) is 0.991. The van der Waals surface area contributed by atoms with Crippen molar-refractivity contribution >= 4 is 12.6 Å². The van der Waals surface area contributed by atoms with Crippen molar-refractivity contribution in [3.8, 4) is 6.07 Å². The molecule has 10 heavy (non-hydrogen) atoms. The van der Waals surface area contributed by atoms with Crippen LogP contribution in [0.1, 0.15) is 5.56 Å². The Kier molecular flexibility index (Phi) is 1.88. The van der Waals surface area contributed by atoms with Gasteiger partial charge in [-0.05, 0) is 0 Å². The maximum Gasteiger partial charge on any atom is 0.160 e. The van der Waals surface area contributed by atoms with Crippen molar-refractivity contribution in [3.63, 3.8) is 0 Å². The first-order valence-corrected chi connectivity index (χ1v) is 2.93. The lowest BCUT2D eigenvalue weighted by molar-refractivity contribution is 0.612. The van der Waals surface area contributed by atoms with Crippen LogP contribution in [0.25, 0.3) is 0 Å². The van der Waals surface area contributed by atoms with E-state index < -0.39 is 5.82 Å². The maximum atomic E-state index is 12.5. The van der Waals surface area contributed by atoms with Crippen molar-refractivity contribution in [3.05, 3.63) is 23.8 Å². The van der Waals surface area contributed by atoms with Crippen LogP contribution in [-0.2, 0) is 0 Å². The van der Waals surface area contributed by atoms with Gasteiger partial charge in [-0.1, -0.05) is 0 Å². The van der Waals surface area contributed by atoms with Crippen LogP contribution < -0.4 is 0 Å². The topological polar surface area (TPSA) is 36.7 Å². The highest BCUT2D eigenvalue weighted by atomic mass is 32.1. The average Bonchev–Trinajstić information content (AvgIpc) is 1.88. The zero-order valence-electron chi connectivity index (χ0n) is 4.87. The number of nitriles is 1. The van der Waals surface area contributed by atoms with Gasteiger partial charge in [0.15, 0.2) is 5.82 Å². The van der Waals surface area contributed by atoms with Crippen molar-refractivity contribution < 1.29 is 4.39 Å². The molecule has 0 aromatic carbocycles. The zero-order valence-corrected chi connectivity index (χ0v) is 5.77. The predicted octanol–water partition coefficient (Wildman–Crippen LogP) is 1.38. The average molecular weight is 154 g/mol. The van der Waals surface area contributed by atoms with Gasteiger partial charge in [-0.25, -0.2) is 4.39 Å². The molecule has 2 nitrogen and oxygen atoms in total. The van der Waals surface area contributed by atoms with Gasteiger partial charge in [0.2, 0.25) is 0 Å². The maximum absolute atomic E-state index is 12.5. The van der Waals surface area contributed by atoms with Crippen molar-refractivity contribution in [2.75, 3.05) is 0 Å². The van der Waals surface area contributed by atoms with Gasteiger partial charge in [-0.2, -0.15) is 5.26 Å². The molecule has 50 valence electrons. The van der Waals surface area contributed by atoms with Gasteiger partial charge in [-0.15, -0.1) is 12.6 Å². The van der Waals surface area contributed by atoms with Crippen molar-refractivity contribution in [1.82, 2.24) is 4.98 Å². The normalized spacial score (nSPS) is 8.90. The van der Waals surface area contributed by atoms with Crippen LogP contribution in [-0.4, -0.2) is 4.98 Å². The standard InChI is InChI=1S/C6H3FN2S/c7-5-2-9-3-6(10)4(5)1-8/h2-3,10H. The monoisotopic (exact) mass is 154 g/mol. The number of rotatable bonds is 0. The molecule has 0 saturated heterocycles. The number of thiol groups is 1. The fraction of sp³-hybridized carbons (Fsp3) is 0. The SMILES string of the molecule is N#Cc1c(F)cncc1S. The number of nitrogens with zero attached hydrogens (tertiary/aromatic N) is 2. The number of halogens is 1. The largest absolute Gasteiger partial charge is 0.260 e. The Hall–Kier alpha value is -1.08. The first-order chi connectivity index (χ1) is 4.75. The van der Waals surface area contributed by atoms with Crippen LogP contribution >= 0.6 is 12.6 Å². The van der Waals surface area contributed by atoms with E-state index >= 15 is 0 Å². The van der Waals surface area contributed by atoms with Gasteiger partial charge in [0.05, 0.1) is 6.20 Å². The Morgan fingerprint density at radius 1 is 1.60 bits per heavy atom. The predicted molar refractivity (Wildman–Crippen MR) is 36.2 cm³/mol. The second kappa shape index (κ2) is 2.67. The lowest BCUT2D eigenvalue weighted by Crippen LogP contribution is -1.86. The van der Waals surface area contributed by atoms with Crippen LogP contribution in [0.3, 0.4) is 0 Å². The lowest BCUT2D eigenvalue weighted by atomic mass is 10.3. The first kappa shape index (κ1) is 7.03. The van der Waals surface area contributed by atoms with Crippen molar-refractivity contribution in [1.29, 1.82) is 5.26 Å². The van der Waals surface area contributed by atoms with Crippen molar-refractivity contribution in [2.45, 2.75) is 4.90 Å². The van der Waals surface area contributed by atoms with Crippen LogP contribution in [0.15, 0.2) is 17.3 Å². The fourth-order valence-corrected chi connectivity index (χ4v) is 0.759. The minimum absolute atomic E-state index is 0.0571. The third-order valence-corrected chi connectivity index (χ3v) is 1.33. The second-order valence-electron chi connectivity index (χ2n) is 1.63. The van der Waals surface area contributed by atoms with Gasteiger partial charge in [-0.3, -0.25) is 4.98 Å². The Labute approximate surface area is 62.7 Å². The molecule has 0 unspecified atom stereocenters. The molecule has 1 rings (SSSR count). The highest BCUT2D eigenvalue weighted by Gasteiger charge is 2.03. The van der Waals surface area contributed by atoms with E-state index in [1.54, 1.807) is 6.07 Å². The van der Waals surface area contributed by atoms with Gasteiger partial charge in [0.1, 0.15) is 11.6 Å². The number of hydrogen-bond donors (Lipinski definition) is 1. The molecule has 1 aromatic rings. The zero-order chi connectivity index (χ0) is 7.56. The van der Waals surface area contributed by atoms with Crippen LogP contribution in [0.4, 0.5) is 4.39 Å². The van der Waals surface area contributed by atoms with Gasteiger partial charge >= 0.3 is 0 Å². The molecule has 0 fully saturated rings. The summed E-state index contributed by atoms with van der Waals surface area (Å²) < 4.78 is 12.5. The van der Waals surface area contributed by atoms with E-state index in [4.69, 9.17) is 5.26 Å². The molecule has 0 aliphatic carbocycles. The van der Waals surface area contributed by atoms with E-state index in [9.17, 15) is 4.39 Å². The summed E-state index contributed by atoms with van der Waals surface area (Å²) in [6.07, 6.45) is 2.31. The molecular formula is C6H3FN2S. The molecule has 0 N–H and O–H groups in total. The number of pyridine rings is 1. The van der Waals surface area contributed by atoms with Crippen LogP contribution in [0.2, 0.25) is 0 Å². The molecule has 1 aromatic heterocycles. The Morgan fingerprint density at radius 3 is 2.70 bits per heavy atom. The molecule has 0 radical (unpaired) electrons. The summed E-state index contributed by atoms with van der Waals surface area (Å²) in [6.45, 7) is 0. The molecule has 0 aliphatic rings. The van der Waals surface area contributed by atoms with Gasteiger partial charge < -0.3 is 0 Å². The highest BCUT2D eigenvalue weighted by molar-refractivity contribution is 7.80. The molecule has 0 atom stereocenters. The summed E-state index contributed by atoms with van der Waals surface area (Å²) in [5, 5.41) is 8.33. The van der Waals surface area contributed by atoms with E-state index in [2.05, 4.69) is 17.6 Å². The van der Waals surface area contributed by atoms with E-state index in [-0.39, 0.29) is 10.5 Å². The van der Waals surface area contributed by atoms with Crippen molar-refractivity contribution in [2.24, 2.45) is 0 Å². The summed E-state index contributed by atoms with van der Waals surface area (Å²) in [5.74, 6) is -0.630. The first-order valence-electron chi connectivity index (χ1n) is 2.48. The highest BCUT2D eigenvalue weighted by Crippen LogP contribution is 2.13. The molecule has 0 saturated carbocycles. The van der Waals surface area contributed by atoms with E-state index in [1.165, 1.54) is 6.20 Å². The molecule has 1 heterocycles. The summed E-state index contributed by atoms with van der Waals surface area (Å²) in [6, 6.07) is 1.67. The smallest absolute Gasteiger partial charge is 0.160 e. The molecule has 0 bridgehead atoms. The lowest BCUT2D eigenvalue weighted by Gasteiger charge is -1.93. The third kappa shape index (κ3) is 1.09. The van der Waals surface area contributed by atoms with E-state index in [0.717, 1.165) is 6.20 Å². The fourth-order valence-electron chi connectivity index (χ4n) is 0.535. The molecule has 0 spiro atoms. The Balaban J connectivity index is 3.34. The summed E-state index contributed by atoms with van der Waals surface area (Å²) in [5.41, 5.74) is -0.0571. The Bertz CT molecular complexity index is 272. The number of hydrogen-bond acceptors (Lipinski definition) is 3. The quantitative estimate of drug-likeness (QED) is 0.573. The van der Waals surface area contributed by atoms with Crippen LogP contribution in [0, 0.1) is 17.1 Å². The molecular weight excluding hydrogens is 151 g/mol. The summed E-state index contributed by atoms with van der Waals surface area (Å²) in [7, 11) is 0. The summed E-state index contributed by atoms with van der Waals surface area (Å²) in [4.78, 5) is 3.76. The molecule has 0 amide bonds. The minimum atomic E-state index is -0.630. The van der Waals surface area contributed by atoms with Gasteiger partial charge in [0, 0.05) is 11.1 Å².